The summed E-state index contributed by atoms with van der Waals surface area (Å²) in [4.78, 5) is 20.9. The van der Waals surface area contributed by atoms with Crippen molar-refractivity contribution in [2.24, 2.45) is 11.8 Å². The van der Waals surface area contributed by atoms with Crippen LogP contribution < -0.4 is 0 Å². The maximum atomic E-state index is 10.5. The molecule has 2 aliphatic heterocycles. The average Bonchev–Trinajstić information content (AvgIpc) is 3.64. The van der Waals surface area contributed by atoms with Crippen LogP contribution in [0.5, 0.6) is 0 Å². The van der Waals surface area contributed by atoms with Crippen molar-refractivity contribution in [3.05, 3.63) is 0 Å². The molecular weight excluding hydrogens is 400 g/mol. The van der Waals surface area contributed by atoms with Gasteiger partial charge in [-0.25, -0.2) is 0 Å². The van der Waals surface area contributed by atoms with E-state index in [0.29, 0.717) is 38.6 Å². The second-order valence-electron chi connectivity index (χ2n) is 7.79. The highest BCUT2D eigenvalue weighted by atomic mass is 16.6. The number of fused-ring (bicyclic) bond motifs is 2. The molecular formula is C20H34O10. The van der Waals surface area contributed by atoms with E-state index in [1.54, 1.807) is 0 Å². The summed E-state index contributed by atoms with van der Waals surface area (Å²) in [6.45, 7) is 1.73. The summed E-state index contributed by atoms with van der Waals surface area (Å²) in [5, 5.41) is 33.8. The first-order valence-corrected chi connectivity index (χ1v) is 10.6. The third-order valence-corrected chi connectivity index (χ3v) is 5.55. The Morgan fingerprint density at radius 3 is 1.37 bits per heavy atom. The summed E-state index contributed by atoms with van der Waals surface area (Å²) in [6.07, 6.45) is 6.37. The van der Waals surface area contributed by atoms with Crippen molar-refractivity contribution in [3.63, 3.8) is 0 Å². The van der Waals surface area contributed by atoms with Gasteiger partial charge in [0.05, 0.1) is 75.9 Å². The first-order valence-electron chi connectivity index (χ1n) is 10.6. The van der Waals surface area contributed by atoms with Crippen molar-refractivity contribution in [1.29, 1.82) is 0 Å². The van der Waals surface area contributed by atoms with Gasteiger partial charge in [0.1, 0.15) is 0 Å². The number of ether oxygens (including phenoxy) is 4. The monoisotopic (exact) mass is 434 g/mol. The Morgan fingerprint density at radius 1 is 0.667 bits per heavy atom. The number of carboxylic acids is 2. The molecule has 6 atom stereocenters. The van der Waals surface area contributed by atoms with Gasteiger partial charge in [-0.15, -0.1) is 0 Å². The number of hydrogen-bond donors (Lipinski definition) is 4. The molecule has 10 nitrogen and oxygen atoms in total. The fourth-order valence-corrected chi connectivity index (χ4v) is 3.71. The van der Waals surface area contributed by atoms with Gasteiger partial charge >= 0.3 is 11.9 Å². The van der Waals surface area contributed by atoms with Crippen molar-refractivity contribution in [2.45, 2.75) is 62.9 Å². The molecule has 2 saturated carbocycles. The first kappa shape index (κ1) is 25.0. The Hall–Kier alpha value is -1.30. The quantitative estimate of drug-likeness (QED) is 0.293. The van der Waals surface area contributed by atoms with E-state index in [2.05, 4.69) is 0 Å². The van der Waals surface area contributed by atoms with Gasteiger partial charge in [-0.05, 0) is 38.5 Å². The maximum Gasteiger partial charge on any atom is 0.306 e. The van der Waals surface area contributed by atoms with Crippen molar-refractivity contribution in [2.75, 3.05) is 39.6 Å². The molecule has 0 bridgehead atoms. The highest BCUT2D eigenvalue weighted by Gasteiger charge is 2.46. The zero-order valence-electron chi connectivity index (χ0n) is 17.2. The van der Waals surface area contributed by atoms with Crippen LogP contribution in [0, 0.1) is 11.8 Å². The van der Waals surface area contributed by atoms with Gasteiger partial charge in [0, 0.05) is 0 Å². The number of rotatable bonds is 9. The first-order chi connectivity index (χ1) is 14.5. The summed E-state index contributed by atoms with van der Waals surface area (Å²) in [5.74, 6) is -1.59. The molecule has 10 heteroatoms. The highest BCUT2D eigenvalue weighted by molar-refractivity contribution is 5.70. The molecule has 4 aliphatic rings. The van der Waals surface area contributed by atoms with Crippen LogP contribution in [0.4, 0.5) is 0 Å². The molecule has 0 amide bonds. The zero-order chi connectivity index (χ0) is 21.9. The van der Waals surface area contributed by atoms with Gasteiger partial charge in [-0.3, -0.25) is 9.59 Å². The molecule has 4 rings (SSSR count). The highest BCUT2D eigenvalue weighted by Crippen LogP contribution is 2.40. The average molecular weight is 434 g/mol. The van der Waals surface area contributed by atoms with Crippen LogP contribution in [-0.4, -0.2) is 96.4 Å². The van der Waals surface area contributed by atoms with Crippen LogP contribution >= 0.6 is 0 Å². The Balaban J connectivity index is 0.000000160. The Kier molecular flexibility index (Phi) is 11.0. The van der Waals surface area contributed by atoms with E-state index < -0.39 is 11.9 Å². The normalized spacial score (nSPS) is 32.9. The molecule has 2 saturated heterocycles. The third-order valence-electron chi connectivity index (χ3n) is 5.55. The fourth-order valence-electron chi connectivity index (χ4n) is 3.71. The number of aliphatic hydroxyl groups is 2. The van der Waals surface area contributed by atoms with Crippen LogP contribution in [-0.2, 0) is 28.5 Å². The number of epoxide rings is 2. The molecule has 2 aliphatic carbocycles. The Bertz CT molecular complexity index is 482. The van der Waals surface area contributed by atoms with Gasteiger partial charge in [0.2, 0.25) is 0 Å². The van der Waals surface area contributed by atoms with Gasteiger partial charge in [-0.2, -0.15) is 0 Å². The van der Waals surface area contributed by atoms with E-state index >= 15 is 0 Å². The second kappa shape index (κ2) is 13.2. The fraction of sp³-hybridized carbons (Fsp3) is 0.900. The van der Waals surface area contributed by atoms with E-state index in [9.17, 15) is 9.59 Å². The van der Waals surface area contributed by atoms with E-state index in [1.807, 2.05) is 0 Å². The van der Waals surface area contributed by atoms with E-state index in [-0.39, 0.29) is 37.3 Å². The third kappa shape index (κ3) is 9.23. The second-order valence-corrected chi connectivity index (χ2v) is 7.79. The molecule has 4 N–H and O–H groups in total. The number of aliphatic carboxylic acids is 2. The molecule has 4 fully saturated rings. The van der Waals surface area contributed by atoms with Crippen molar-refractivity contribution >= 4 is 11.9 Å². The lowest BCUT2D eigenvalue weighted by atomic mass is 9.90. The Labute approximate surface area is 176 Å². The lowest BCUT2D eigenvalue weighted by molar-refractivity contribution is -0.143. The summed E-state index contributed by atoms with van der Waals surface area (Å²) in [6, 6.07) is 0. The molecule has 2 heterocycles. The molecule has 0 aromatic rings. The smallest absolute Gasteiger partial charge is 0.306 e. The molecule has 0 radical (unpaired) electrons. The number of carbonyl (C=O) groups is 2. The van der Waals surface area contributed by atoms with Crippen LogP contribution in [0.25, 0.3) is 0 Å². The van der Waals surface area contributed by atoms with Crippen LogP contribution in [0.2, 0.25) is 0 Å². The Morgan fingerprint density at radius 2 is 1.07 bits per heavy atom. The lowest BCUT2D eigenvalue weighted by Crippen LogP contribution is -2.21. The number of aliphatic hydroxyl groups excluding tert-OH is 2. The van der Waals surface area contributed by atoms with E-state index in [1.165, 1.54) is 0 Å². The SMILES string of the molecule is O=C(O)C1CCC2OC2C1.O=C(O)C1CCC2OC2C1.OCCOCCOCCO. The van der Waals surface area contributed by atoms with E-state index in [0.717, 1.165) is 38.5 Å². The summed E-state index contributed by atoms with van der Waals surface area (Å²) in [5.41, 5.74) is 0. The van der Waals surface area contributed by atoms with Gasteiger partial charge < -0.3 is 39.4 Å². The largest absolute Gasteiger partial charge is 0.481 e. The molecule has 0 spiro atoms. The lowest BCUT2D eigenvalue weighted by Gasteiger charge is -2.12. The van der Waals surface area contributed by atoms with E-state index in [4.69, 9.17) is 39.4 Å². The molecule has 6 unspecified atom stereocenters. The molecule has 0 aromatic carbocycles. The summed E-state index contributed by atoms with van der Waals surface area (Å²) < 4.78 is 20.1. The van der Waals surface area contributed by atoms with Crippen LogP contribution in [0.3, 0.4) is 0 Å². The predicted octanol–water partition coefficient (Wildman–Crippen LogP) is 0.281. The maximum absolute atomic E-state index is 10.5. The zero-order valence-corrected chi connectivity index (χ0v) is 17.2. The predicted molar refractivity (Wildman–Crippen MR) is 103 cm³/mol. The minimum absolute atomic E-state index is 0.0417. The molecule has 0 aromatic heterocycles. The molecule has 174 valence electrons. The van der Waals surface area contributed by atoms with Crippen LogP contribution in [0.15, 0.2) is 0 Å². The van der Waals surface area contributed by atoms with Crippen molar-refractivity contribution in [1.82, 2.24) is 0 Å². The van der Waals surface area contributed by atoms with Gasteiger partial charge in [0.25, 0.3) is 0 Å². The summed E-state index contributed by atoms with van der Waals surface area (Å²) >= 11 is 0. The topological polar surface area (TPSA) is 159 Å². The van der Waals surface area contributed by atoms with Crippen LogP contribution in [0.1, 0.15) is 38.5 Å². The summed E-state index contributed by atoms with van der Waals surface area (Å²) in [7, 11) is 0. The van der Waals surface area contributed by atoms with Crippen molar-refractivity contribution < 1.29 is 49.0 Å². The van der Waals surface area contributed by atoms with Gasteiger partial charge in [0.15, 0.2) is 0 Å². The minimum Gasteiger partial charge on any atom is -0.481 e. The number of hydrogen-bond acceptors (Lipinski definition) is 8. The number of carboxylic acid groups (broad SMARTS) is 2. The van der Waals surface area contributed by atoms with Crippen molar-refractivity contribution in [3.8, 4) is 0 Å². The minimum atomic E-state index is -0.658. The standard InChI is InChI=1S/2C7H10O3.C6H14O4/c2*8-7(9)4-1-2-5-6(3-4)10-5;7-1-3-9-5-6-10-4-2-8/h2*4-6H,1-3H2,(H,8,9);7-8H,1-6H2. The van der Waals surface area contributed by atoms with Gasteiger partial charge in [-0.1, -0.05) is 0 Å². The molecule has 30 heavy (non-hydrogen) atoms.